The predicted molar refractivity (Wildman–Crippen MR) is 93.4 cm³/mol. The number of carbonyl (C=O) groups excluding carboxylic acids is 1. The molecule has 2 unspecified atom stereocenters. The van der Waals surface area contributed by atoms with Gasteiger partial charge in [0, 0.05) is 20.6 Å². The van der Waals surface area contributed by atoms with Gasteiger partial charge >= 0.3 is 0 Å². The number of rotatable bonds is 5. The summed E-state index contributed by atoms with van der Waals surface area (Å²) in [6.45, 7) is 1.33. The van der Waals surface area contributed by atoms with Crippen LogP contribution in [0.4, 0.5) is 5.69 Å². The first-order valence-corrected chi connectivity index (χ1v) is 8.79. The Morgan fingerprint density at radius 3 is 2.09 bits per heavy atom. The molecule has 0 radical (unpaired) electrons. The normalized spacial score (nSPS) is 14.8. The minimum absolute atomic E-state index is 0.228. The number of hydrogen-bond donors (Lipinski definition) is 2. The summed E-state index contributed by atoms with van der Waals surface area (Å²) < 4.78 is 12.3. The summed E-state index contributed by atoms with van der Waals surface area (Å²) in [4.78, 5) is 12.7. The Morgan fingerprint density at radius 1 is 1.09 bits per heavy atom. The lowest BCUT2D eigenvalue weighted by atomic mass is 10.1. The summed E-state index contributed by atoms with van der Waals surface area (Å²) >= 11 is 11.6. The molecule has 0 aliphatic heterocycles. The molecule has 4 nitrogen and oxygen atoms in total. The van der Waals surface area contributed by atoms with Gasteiger partial charge in [0.25, 0.3) is 5.91 Å². The first-order valence-electron chi connectivity index (χ1n) is 6.71. The van der Waals surface area contributed by atoms with Gasteiger partial charge in [-0.2, -0.15) is 0 Å². The van der Waals surface area contributed by atoms with Gasteiger partial charge in [0.15, 0.2) is 5.60 Å². The summed E-state index contributed by atoms with van der Waals surface area (Å²) in [6, 6.07) is 12.9. The summed E-state index contributed by atoms with van der Waals surface area (Å²) in [5, 5.41) is 14.0. The van der Waals surface area contributed by atoms with Crippen LogP contribution in [0.3, 0.4) is 0 Å². The van der Waals surface area contributed by atoms with Crippen LogP contribution >= 0.6 is 23.2 Å². The molecule has 23 heavy (non-hydrogen) atoms. The van der Waals surface area contributed by atoms with Gasteiger partial charge in [-0.05, 0) is 55.5 Å². The molecule has 0 saturated heterocycles. The van der Waals surface area contributed by atoms with Crippen LogP contribution in [0.5, 0.6) is 0 Å². The van der Waals surface area contributed by atoms with E-state index >= 15 is 0 Å². The lowest BCUT2D eigenvalue weighted by molar-refractivity contribution is -0.130. The van der Waals surface area contributed by atoms with Crippen molar-refractivity contribution in [2.45, 2.75) is 17.4 Å². The lowest BCUT2D eigenvalue weighted by Gasteiger charge is -2.22. The fourth-order valence-electron chi connectivity index (χ4n) is 1.79. The van der Waals surface area contributed by atoms with Crippen molar-refractivity contribution in [3.05, 3.63) is 58.6 Å². The Kier molecular flexibility index (Phi) is 5.81. The van der Waals surface area contributed by atoms with Crippen LogP contribution in [0, 0.1) is 0 Å². The highest BCUT2D eigenvalue weighted by atomic mass is 35.5. The molecule has 0 aliphatic rings. The van der Waals surface area contributed by atoms with E-state index in [1.165, 1.54) is 6.92 Å². The van der Waals surface area contributed by atoms with Crippen molar-refractivity contribution in [2.24, 2.45) is 0 Å². The van der Waals surface area contributed by atoms with Crippen molar-refractivity contribution >= 4 is 45.6 Å². The molecule has 2 aromatic carbocycles. The smallest absolute Gasteiger partial charge is 0.257 e. The van der Waals surface area contributed by atoms with Crippen LogP contribution in [-0.4, -0.2) is 26.6 Å². The first kappa shape index (κ1) is 17.9. The minimum atomic E-state index is -1.79. The van der Waals surface area contributed by atoms with E-state index in [1.807, 2.05) is 0 Å². The van der Waals surface area contributed by atoms with E-state index in [2.05, 4.69) is 5.32 Å². The number of carbonyl (C=O) groups is 1. The fraction of sp³-hybridized carbons (Fsp3) is 0.188. The Hall–Kier alpha value is -1.40. The van der Waals surface area contributed by atoms with Crippen LogP contribution < -0.4 is 5.32 Å². The van der Waals surface area contributed by atoms with Crippen molar-refractivity contribution in [1.29, 1.82) is 0 Å². The first-order chi connectivity index (χ1) is 10.8. The fourth-order valence-corrected chi connectivity index (χ4v) is 3.29. The third kappa shape index (κ3) is 5.04. The van der Waals surface area contributed by atoms with Gasteiger partial charge in [-0.1, -0.05) is 23.2 Å². The molecule has 0 heterocycles. The maximum Gasteiger partial charge on any atom is 0.257 e. The second kappa shape index (κ2) is 7.45. The maximum atomic E-state index is 12.3. The van der Waals surface area contributed by atoms with Gasteiger partial charge in [-0.3, -0.25) is 9.00 Å². The van der Waals surface area contributed by atoms with Gasteiger partial charge in [-0.25, -0.2) is 0 Å². The molecule has 1 amide bonds. The molecular weight excluding hydrogens is 357 g/mol. The molecule has 2 N–H and O–H groups in total. The molecule has 0 bridgehead atoms. The molecular formula is C16H15Cl2NO3S. The van der Waals surface area contributed by atoms with Crippen LogP contribution in [0.25, 0.3) is 0 Å². The molecule has 2 atom stereocenters. The zero-order valence-corrected chi connectivity index (χ0v) is 14.6. The van der Waals surface area contributed by atoms with E-state index in [-0.39, 0.29) is 5.75 Å². The molecule has 0 saturated carbocycles. The highest BCUT2D eigenvalue weighted by Crippen LogP contribution is 2.19. The largest absolute Gasteiger partial charge is 0.379 e. The second-order valence-electron chi connectivity index (χ2n) is 5.18. The van der Waals surface area contributed by atoms with E-state index in [0.717, 1.165) is 0 Å². The zero-order chi connectivity index (χ0) is 17.0. The van der Waals surface area contributed by atoms with Gasteiger partial charge in [0.1, 0.15) is 0 Å². The second-order valence-corrected chi connectivity index (χ2v) is 7.50. The van der Waals surface area contributed by atoms with Gasteiger partial charge in [0.05, 0.1) is 16.6 Å². The van der Waals surface area contributed by atoms with Crippen LogP contribution in [0.2, 0.25) is 10.0 Å². The topological polar surface area (TPSA) is 66.4 Å². The highest BCUT2D eigenvalue weighted by molar-refractivity contribution is 7.85. The minimum Gasteiger partial charge on any atom is -0.379 e. The molecule has 2 rings (SSSR count). The highest BCUT2D eigenvalue weighted by Gasteiger charge is 2.33. The average molecular weight is 372 g/mol. The summed E-state index contributed by atoms with van der Waals surface area (Å²) in [5.74, 6) is -0.865. The van der Waals surface area contributed by atoms with Crippen LogP contribution in [-0.2, 0) is 15.6 Å². The maximum absolute atomic E-state index is 12.3. The van der Waals surface area contributed by atoms with Crippen molar-refractivity contribution in [1.82, 2.24) is 0 Å². The third-order valence-corrected chi connectivity index (χ3v) is 5.21. The molecule has 2 aromatic rings. The molecule has 122 valence electrons. The van der Waals surface area contributed by atoms with E-state index in [4.69, 9.17) is 23.2 Å². The molecule has 0 aliphatic carbocycles. The number of amides is 1. The molecule has 7 heteroatoms. The summed E-state index contributed by atoms with van der Waals surface area (Å²) in [5.41, 5.74) is -1.29. The van der Waals surface area contributed by atoms with Crippen molar-refractivity contribution in [3.63, 3.8) is 0 Å². The van der Waals surface area contributed by atoms with E-state index in [0.29, 0.717) is 20.6 Å². The summed E-state index contributed by atoms with van der Waals surface area (Å²) in [7, 11) is -1.53. The average Bonchev–Trinajstić information content (AvgIpc) is 2.49. The Labute approximate surface area is 146 Å². The lowest BCUT2D eigenvalue weighted by Crippen LogP contribution is -2.44. The van der Waals surface area contributed by atoms with Crippen molar-refractivity contribution < 1.29 is 14.1 Å². The Balaban J connectivity index is 2.04. The molecule has 0 fully saturated rings. The zero-order valence-electron chi connectivity index (χ0n) is 12.3. The number of benzene rings is 2. The SMILES string of the molecule is CC(O)(CS(=O)c1ccc(Cl)cc1)C(=O)Nc1ccc(Cl)cc1. The number of nitrogens with one attached hydrogen (secondary N) is 1. The Bertz CT molecular complexity index is 715. The predicted octanol–water partition coefficient (Wildman–Crippen LogP) is 3.49. The number of halogens is 2. The third-order valence-electron chi connectivity index (χ3n) is 3.08. The Morgan fingerprint density at radius 2 is 1.57 bits per heavy atom. The van der Waals surface area contributed by atoms with Gasteiger partial charge in [0.2, 0.25) is 0 Å². The molecule has 0 spiro atoms. The van der Waals surface area contributed by atoms with E-state index in [1.54, 1.807) is 48.5 Å². The summed E-state index contributed by atoms with van der Waals surface area (Å²) in [6.07, 6.45) is 0. The number of aliphatic hydroxyl groups is 1. The van der Waals surface area contributed by atoms with Crippen molar-refractivity contribution in [2.75, 3.05) is 11.1 Å². The monoisotopic (exact) mass is 371 g/mol. The van der Waals surface area contributed by atoms with Crippen molar-refractivity contribution in [3.8, 4) is 0 Å². The molecule has 0 aromatic heterocycles. The standard InChI is InChI=1S/C16H15Cl2NO3S/c1-16(21,10-23(22)14-8-4-12(18)5-9-14)15(20)19-13-6-2-11(17)3-7-13/h2-9,21H,10H2,1H3,(H,19,20). The van der Waals surface area contributed by atoms with Crippen LogP contribution in [0.15, 0.2) is 53.4 Å². The van der Waals surface area contributed by atoms with Gasteiger partial charge in [-0.15, -0.1) is 0 Å². The quantitative estimate of drug-likeness (QED) is 0.845. The van der Waals surface area contributed by atoms with E-state index in [9.17, 15) is 14.1 Å². The van der Waals surface area contributed by atoms with Gasteiger partial charge < -0.3 is 10.4 Å². The van der Waals surface area contributed by atoms with Crippen LogP contribution in [0.1, 0.15) is 6.92 Å². The number of anilines is 1. The van der Waals surface area contributed by atoms with E-state index < -0.39 is 22.3 Å². The number of hydrogen-bond acceptors (Lipinski definition) is 3.